The third kappa shape index (κ3) is 39.9. The Hall–Kier alpha value is -2.33. The monoisotopic (exact) mass is 810 g/mol. The van der Waals surface area contributed by atoms with Gasteiger partial charge in [-0.1, -0.05) is 171 Å². The molecule has 10 nitrogen and oxygen atoms in total. The number of hydrogen-bond donors (Lipinski definition) is 3. The van der Waals surface area contributed by atoms with Crippen LogP contribution in [0.15, 0.2) is 60.8 Å². The summed E-state index contributed by atoms with van der Waals surface area (Å²) in [5, 5.41) is 8.89. The maximum absolute atomic E-state index is 12.6. The van der Waals surface area contributed by atoms with Gasteiger partial charge in [0.05, 0.1) is 19.8 Å². The van der Waals surface area contributed by atoms with Gasteiger partial charge in [0, 0.05) is 13.0 Å². The van der Waals surface area contributed by atoms with Gasteiger partial charge in [0.15, 0.2) is 0 Å². The number of carboxylic acid groups (broad SMARTS) is 1. The van der Waals surface area contributed by atoms with Crippen molar-refractivity contribution in [3.05, 3.63) is 60.8 Å². The molecule has 0 bridgehead atoms. The van der Waals surface area contributed by atoms with Gasteiger partial charge in [0.25, 0.3) is 0 Å². The molecule has 4 N–H and O–H groups in total. The van der Waals surface area contributed by atoms with Crippen molar-refractivity contribution in [1.82, 2.24) is 0 Å². The highest BCUT2D eigenvalue weighted by atomic mass is 31.2. The summed E-state index contributed by atoms with van der Waals surface area (Å²) in [5.74, 6) is -1.81. The molecule has 0 heterocycles. The average Bonchev–Trinajstić information content (AvgIpc) is 3.18. The maximum Gasteiger partial charge on any atom is 0.472 e. The molecule has 3 atom stereocenters. The molecule has 0 rings (SSSR count). The van der Waals surface area contributed by atoms with Crippen molar-refractivity contribution >= 4 is 19.8 Å². The van der Waals surface area contributed by atoms with Crippen LogP contribution < -0.4 is 5.73 Å². The van der Waals surface area contributed by atoms with E-state index in [1.807, 2.05) is 0 Å². The highest BCUT2D eigenvalue weighted by Crippen LogP contribution is 2.43. The number of ether oxygens (including phenoxy) is 2. The van der Waals surface area contributed by atoms with Crippen LogP contribution in [0.4, 0.5) is 0 Å². The fourth-order valence-electron chi connectivity index (χ4n) is 5.69. The Morgan fingerprint density at radius 2 is 1.04 bits per heavy atom. The van der Waals surface area contributed by atoms with Gasteiger partial charge in [-0.05, 0) is 57.8 Å². The first-order valence-electron chi connectivity index (χ1n) is 21.8. The zero-order valence-corrected chi connectivity index (χ0v) is 36.1. The van der Waals surface area contributed by atoms with E-state index in [1.54, 1.807) is 0 Å². The van der Waals surface area contributed by atoms with Crippen LogP contribution in [0.5, 0.6) is 0 Å². The summed E-state index contributed by atoms with van der Waals surface area (Å²) >= 11 is 0. The molecule has 0 aliphatic heterocycles. The van der Waals surface area contributed by atoms with Gasteiger partial charge < -0.3 is 25.2 Å². The molecule has 3 unspecified atom stereocenters. The van der Waals surface area contributed by atoms with E-state index in [0.29, 0.717) is 13.0 Å². The first-order chi connectivity index (χ1) is 27.2. The number of aliphatic carboxylic acids is 1. The van der Waals surface area contributed by atoms with E-state index in [0.717, 1.165) is 70.6 Å². The van der Waals surface area contributed by atoms with Crippen LogP contribution in [0.25, 0.3) is 0 Å². The number of carbonyl (C=O) groups is 2. The summed E-state index contributed by atoms with van der Waals surface area (Å²) in [6.07, 6.45) is 48.4. The average molecular weight is 810 g/mol. The zero-order chi connectivity index (χ0) is 41.2. The van der Waals surface area contributed by atoms with Crippen molar-refractivity contribution in [2.24, 2.45) is 5.73 Å². The van der Waals surface area contributed by atoms with Crippen LogP contribution in [-0.4, -0.2) is 60.5 Å². The summed E-state index contributed by atoms with van der Waals surface area (Å²) < 4.78 is 33.3. The van der Waals surface area contributed by atoms with Gasteiger partial charge in [-0.25, -0.2) is 4.57 Å². The molecule has 0 fully saturated rings. The third-order valence-corrected chi connectivity index (χ3v) is 10.0. The predicted molar refractivity (Wildman–Crippen MR) is 231 cm³/mol. The fraction of sp³-hybridized carbons (Fsp3) is 0.733. The Labute approximate surface area is 341 Å². The van der Waals surface area contributed by atoms with E-state index >= 15 is 0 Å². The molecule has 0 aliphatic rings. The summed E-state index contributed by atoms with van der Waals surface area (Å²) in [4.78, 5) is 33.5. The van der Waals surface area contributed by atoms with E-state index < -0.39 is 45.1 Å². The van der Waals surface area contributed by atoms with Gasteiger partial charge >= 0.3 is 19.8 Å². The zero-order valence-electron chi connectivity index (χ0n) is 35.2. The second-order valence-corrected chi connectivity index (χ2v) is 15.9. The lowest BCUT2D eigenvalue weighted by atomic mass is 10.0. The first-order valence-corrected chi connectivity index (χ1v) is 23.3. The number of phosphoric acid groups is 1. The SMILES string of the molecule is CC/C=C\C/C=C\C/C=C\C/C=C\C/C=C\CCCCCC(=O)OC(COCCCCCCCCCCCCCCCCC)COP(=O)(O)OCC(N)C(=O)O. The molecule has 324 valence electrons. The minimum atomic E-state index is -4.63. The second-order valence-electron chi connectivity index (χ2n) is 14.4. The molecular weight excluding hydrogens is 729 g/mol. The van der Waals surface area contributed by atoms with E-state index in [9.17, 15) is 19.0 Å². The summed E-state index contributed by atoms with van der Waals surface area (Å²) in [7, 11) is -4.63. The number of nitrogens with two attached hydrogens (primary N) is 1. The van der Waals surface area contributed by atoms with Crippen molar-refractivity contribution in [2.75, 3.05) is 26.4 Å². The highest BCUT2D eigenvalue weighted by Gasteiger charge is 2.27. The molecule has 0 spiro atoms. The number of unbranched alkanes of at least 4 members (excludes halogenated alkanes) is 17. The van der Waals surface area contributed by atoms with Gasteiger partial charge in [0.1, 0.15) is 12.1 Å². The highest BCUT2D eigenvalue weighted by molar-refractivity contribution is 7.47. The number of allylic oxidation sites excluding steroid dienone is 10. The van der Waals surface area contributed by atoms with Crippen molar-refractivity contribution in [3.8, 4) is 0 Å². The molecule has 0 aromatic heterocycles. The molecule has 56 heavy (non-hydrogen) atoms. The largest absolute Gasteiger partial charge is 0.480 e. The molecule has 0 saturated carbocycles. The molecule has 0 radical (unpaired) electrons. The Bertz CT molecular complexity index is 1120. The normalized spacial score (nSPS) is 14.5. The van der Waals surface area contributed by atoms with E-state index in [4.69, 9.17) is 29.4 Å². The van der Waals surface area contributed by atoms with Crippen LogP contribution >= 0.6 is 7.82 Å². The lowest BCUT2D eigenvalue weighted by molar-refractivity contribution is -0.154. The third-order valence-electron chi connectivity index (χ3n) is 9.06. The predicted octanol–water partition coefficient (Wildman–Crippen LogP) is 12.0. The van der Waals surface area contributed by atoms with Crippen molar-refractivity contribution in [2.45, 2.75) is 187 Å². The van der Waals surface area contributed by atoms with Crippen LogP contribution in [-0.2, 0) is 32.7 Å². The molecule has 0 aromatic rings. The number of hydrogen-bond acceptors (Lipinski definition) is 8. The summed E-state index contributed by atoms with van der Waals surface area (Å²) in [6, 6.07) is -1.48. The van der Waals surface area contributed by atoms with Gasteiger partial charge in [-0.2, -0.15) is 0 Å². The van der Waals surface area contributed by atoms with Crippen LogP contribution in [0, 0.1) is 0 Å². The van der Waals surface area contributed by atoms with Crippen molar-refractivity contribution in [3.63, 3.8) is 0 Å². The minimum Gasteiger partial charge on any atom is -0.480 e. The second kappa shape index (κ2) is 40.9. The van der Waals surface area contributed by atoms with Gasteiger partial charge in [0.2, 0.25) is 0 Å². The van der Waals surface area contributed by atoms with Crippen LogP contribution in [0.2, 0.25) is 0 Å². The van der Waals surface area contributed by atoms with Gasteiger partial charge in [-0.3, -0.25) is 18.6 Å². The molecule has 0 saturated heterocycles. The first kappa shape index (κ1) is 53.7. The number of rotatable bonds is 41. The van der Waals surface area contributed by atoms with Crippen molar-refractivity contribution < 1.29 is 42.7 Å². The smallest absolute Gasteiger partial charge is 0.472 e. The quantitative estimate of drug-likeness (QED) is 0.0235. The van der Waals surface area contributed by atoms with Gasteiger partial charge in [-0.15, -0.1) is 0 Å². The van der Waals surface area contributed by atoms with E-state index in [-0.39, 0.29) is 13.0 Å². The number of esters is 1. The van der Waals surface area contributed by atoms with Crippen molar-refractivity contribution in [1.29, 1.82) is 0 Å². The summed E-state index contributed by atoms with van der Waals surface area (Å²) in [5.41, 5.74) is 5.35. The number of carbonyl (C=O) groups excluding carboxylic acids is 1. The van der Waals surface area contributed by atoms with Crippen LogP contribution in [0.3, 0.4) is 0 Å². The lowest BCUT2D eigenvalue weighted by Gasteiger charge is -2.20. The Balaban J connectivity index is 4.31. The molecule has 0 aliphatic carbocycles. The maximum atomic E-state index is 12.6. The summed E-state index contributed by atoms with van der Waals surface area (Å²) in [6.45, 7) is 3.73. The number of carboxylic acids is 1. The van der Waals surface area contributed by atoms with E-state index in [1.165, 1.54) is 77.0 Å². The molecule has 0 aromatic carbocycles. The number of phosphoric ester groups is 1. The molecule has 11 heteroatoms. The van der Waals surface area contributed by atoms with E-state index in [2.05, 4.69) is 74.6 Å². The molecular formula is C45H80NO9P. The fourth-order valence-corrected chi connectivity index (χ4v) is 6.47. The topological polar surface area (TPSA) is 155 Å². The Morgan fingerprint density at radius 1 is 0.589 bits per heavy atom. The Morgan fingerprint density at radius 3 is 1.54 bits per heavy atom. The standard InChI is InChI=1S/C45H80NO9P/c1-3-5-7-9-11-13-15-17-19-20-21-22-23-25-27-29-31-33-35-37-44(47)55-42(40-53-56(50,51)54-41-43(46)45(48)49)39-52-38-36-34-32-30-28-26-24-18-16-14-12-10-8-6-4-2/h5,7,11,13,17,19,21-22,25,27,42-43H,3-4,6,8-10,12,14-16,18,20,23-24,26,28-41,46H2,1-2H3,(H,48,49)(H,50,51)/b7-5-,13-11-,19-17-,22-21-,27-25-. The molecule has 0 amide bonds. The Kier molecular flexibility index (Phi) is 39.2. The lowest BCUT2D eigenvalue weighted by Crippen LogP contribution is -2.34. The minimum absolute atomic E-state index is 0.00303. The van der Waals surface area contributed by atoms with Crippen LogP contribution in [0.1, 0.15) is 174 Å².